The highest BCUT2D eigenvalue weighted by molar-refractivity contribution is 5.44. The van der Waals surface area contributed by atoms with Gasteiger partial charge in [0.15, 0.2) is 0 Å². The molecular formula is C19H21NO2. The Kier molecular flexibility index (Phi) is 3.40. The first-order valence-electron chi connectivity index (χ1n) is 7.94. The van der Waals surface area contributed by atoms with Crippen LogP contribution in [0.4, 0.5) is 0 Å². The Labute approximate surface area is 131 Å². The van der Waals surface area contributed by atoms with Gasteiger partial charge in [-0.25, -0.2) is 0 Å². The van der Waals surface area contributed by atoms with Crippen molar-refractivity contribution in [1.29, 1.82) is 0 Å². The van der Waals surface area contributed by atoms with Gasteiger partial charge in [0, 0.05) is 0 Å². The summed E-state index contributed by atoms with van der Waals surface area (Å²) in [6.45, 7) is 2.04. The van der Waals surface area contributed by atoms with Crippen LogP contribution in [0.2, 0.25) is 0 Å². The van der Waals surface area contributed by atoms with Gasteiger partial charge in [0.05, 0.1) is 12.7 Å². The number of piperidine rings is 1. The molecule has 0 amide bonds. The van der Waals surface area contributed by atoms with Crippen molar-refractivity contribution < 1.29 is 9.47 Å². The normalized spacial score (nSPS) is 22.5. The molecule has 2 heterocycles. The van der Waals surface area contributed by atoms with Crippen LogP contribution in [0.3, 0.4) is 0 Å². The quantitative estimate of drug-likeness (QED) is 0.921. The number of methoxy groups -OCH3 is 1. The van der Waals surface area contributed by atoms with Crippen LogP contribution in [-0.4, -0.2) is 20.2 Å². The molecule has 1 atom stereocenters. The second-order valence-electron chi connectivity index (χ2n) is 6.10. The molecule has 0 bridgehead atoms. The molecule has 2 aromatic rings. The molecule has 22 heavy (non-hydrogen) atoms. The lowest BCUT2D eigenvalue weighted by molar-refractivity contribution is -0.0798. The van der Waals surface area contributed by atoms with E-state index in [0.29, 0.717) is 0 Å². The molecule has 2 aromatic carbocycles. The van der Waals surface area contributed by atoms with E-state index in [1.54, 1.807) is 7.11 Å². The lowest BCUT2D eigenvalue weighted by atomic mass is 9.84. The van der Waals surface area contributed by atoms with Gasteiger partial charge < -0.3 is 14.8 Å². The predicted molar refractivity (Wildman–Crippen MR) is 86.1 cm³/mol. The van der Waals surface area contributed by atoms with E-state index in [9.17, 15) is 0 Å². The third-order valence-electron chi connectivity index (χ3n) is 4.91. The maximum absolute atomic E-state index is 6.64. The molecule has 0 aromatic heterocycles. The first kappa shape index (κ1) is 13.8. The molecule has 1 N–H and O–H groups in total. The first-order valence-corrected chi connectivity index (χ1v) is 7.94. The molecule has 0 aliphatic carbocycles. The Hall–Kier alpha value is -1.84. The first-order chi connectivity index (χ1) is 10.8. The van der Waals surface area contributed by atoms with Crippen molar-refractivity contribution in [3.63, 3.8) is 0 Å². The number of fused-ring (bicyclic) bond motifs is 2. The summed E-state index contributed by atoms with van der Waals surface area (Å²) in [6.07, 6.45) is 2.10. The molecule has 2 aliphatic heterocycles. The van der Waals surface area contributed by atoms with Gasteiger partial charge >= 0.3 is 0 Å². The van der Waals surface area contributed by atoms with Crippen LogP contribution in [0.1, 0.15) is 35.6 Å². The summed E-state index contributed by atoms with van der Waals surface area (Å²) in [4.78, 5) is 0. The Balaban J connectivity index is 1.75. The molecular weight excluding hydrogens is 274 g/mol. The maximum atomic E-state index is 6.64. The molecule has 0 unspecified atom stereocenters. The third kappa shape index (κ3) is 2.13. The van der Waals surface area contributed by atoms with Crippen LogP contribution in [0, 0.1) is 0 Å². The van der Waals surface area contributed by atoms with Crippen LogP contribution < -0.4 is 10.1 Å². The molecule has 3 heteroatoms. The highest BCUT2D eigenvalue weighted by Gasteiger charge is 2.45. The summed E-state index contributed by atoms with van der Waals surface area (Å²) in [5.41, 5.74) is 3.77. The average molecular weight is 295 g/mol. The summed E-state index contributed by atoms with van der Waals surface area (Å²) in [6, 6.07) is 16.9. The molecule has 1 saturated heterocycles. The molecule has 2 aliphatic rings. The van der Waals surface area contributed by atoms with E-state index >= 15 is 0 Å². The van der Waals surface area contributed by atoms with Gasteiger partial charge in [0.2, 0.25) is 0 Å². The zero-order valence-electron chi connectivity index (χ0n) is 12.8. The summed E-state index contributed by atoms with van der Waals surface area (Å²) < 4.78 is 11.9. The maximum Gasteiger partial charge on any atom is 0.118 e. The van der Waals surface area contributed by atoms with Crippen molar-refractivity contribution in [3.05, 3.63) is 65.2 Å². The largest absolute Gasteiger partial charge is 0.497 e. The molecule has 3 nitrogen and oxygen atoms in total. The number of rotatable bonds is 2. The molecule has 1 spiro atoms. The second-order valence-corrected chi connectivity index (χ2v) is 6.10. The van der Waals surface area contributed by atoms with Crippen molar-refractivity contribution in [3.8, 4) is 5.75 Å². The lowest BCUT2D eigenvalue weighted by Crippen LogP contribution is -2.39. The number of hydrogen-bond donors (Lipinski definition) is 1. The molecule has 0 saturated carbocycles. The van der Waals surface area contributed by atoms with E-state index < -0.39 is 0 Å². The van der Waals surface area contributed by atoms with Crippen LogP contribution in [-0.2, 0) is 10.3 Å². The van der Waals surface area contributed by atoms with Gasteiger partial charge in [0.1, 0.15) is 11.9 Å². The van der Waals surface area contributed by atoms with Crippen LogP contribution in [0.15, 0.2) is 48.5 Å². The van der Waals surface area contributed by atoms with E-state index in [2.05, 4.69) is 41.7 Å². The van der Waals surface area contributed by atoms with Crippen molar-refractivity contribution >= 4 is 0 Å². The minimum Gasteiger partial charge on any atom is -0.497 e. The monoisotopic (exact) mass is 295 g/mol. The molecule has 0 radical (unpaired) electrons. The van der Waals surface area contributed by atoms with E-state index in [4.69, 9.17) is 9.47 Å². The summed E-state index contributed by atoms with van der Waals surface area (Å²) in [7, 11) is 1.69. The minimum atomic E-state index is -0.119. The number of hydrogen-bond acceptors (Lipinski definition) is 3. The van der Waals surface area contributed by atoms with Gasteiger partial charge in [-0.2, -0.15) is 0 Å². The topological polar surface area (TPSA) is 30.5 Å². The van der Waals surface area contributed by atoms with Gasteiger partial charge in [-0.3, -0.25) is 0 Å². The second kappa shape index (κ2) is 5.41. The zero-order valence-corrected chi connectivity index (χ0v) is 12.8. The fourth-order valence-electron chi connectivity index (χ4n) is 3.74. The SMILES string of the molecule is COc1ccc([C@H]2OC3(CCNCC3)c3ccccc32)cc1. The molecule has 114 valence electrons. The van der Waals surface area contributed by atoms with Crippen LogP contribution in [0.5, 0.6) is 5.75 Å². The summed E-state index contributed by atoms with van der Waals surface area (Å²) in [5.74, 6) is 0.881. The van der Waals surface area contributed by atoms with Crippen LogP contribution in [0.25, 0.3) is 0 Å². The van der Waals surface area contributed by atoms with Crippen molar-refractivity contribution in [2.75, 3.05) is 20.2 Å². The average Bonchev–Trinajstić information content (AvgIpc) is 2.90. The molecule has 1 fully saturated rings. The summed E-state index contributed by atoms with van der Waals surface area (Å²) >= 11 is 0. The Morgan fingerprint density at radius 1 is 1.05 bits per heavy atom. The highest BCUT2D eigenvalue weighted by atomic mass is 16.5. The van der Waals surface area contributed by atoms with Crippen molar-refractivity contribution in [2.45, 2.75) is 24.5 Å². The molecule has 4 rings (SSSR count). The number of nitrogens with one attached hydrogen (secondary N) is 1. The number of benzene rings is 2. The van der Waals surface area contributed by atoms with E-state index in [1.807, 2.05) is 12.1 Å². The smallest absolute Gasteiger partial charge is 0.118 e. The summed E-state index contributed by atoms with van der Waals surface area (Å²) in [5, 5.41) is 3.44. The Morgan fingerprint density at radius 3 is 2.50 bits per heavy atom. The minimum absolute atomic E-state index is 0.0280. The highest BCUT2D eigenvalue weighted by Crippen LogP contribution is 2.50. The predicted octanol–water partition coefficient (Wildman–Crippen LogP) is 3.39. The van der Waals surface area contributed by atoms with Gasteiger partial charge in [-0.15, -0.1) is 0 Å². The fraction of sp³-hybridized carbons (Fsp3) is 0.368. The van der Waals surface area contributed by atoms with Crippen molar-refractivity contribution in [2.24, 2.45) is 0 Å². The van der Waals surface area contributed by atoms with Crippen molar-refractivity contribution in [1.82, 2.24) is 5.32 Å². The van der Waals surface area contributed by atoms with E-state index in [1.165, 1.54) is 16.7 Å². The van der Waals surface area contributed by atoms with Gasteiger partial charge in [0.25, 0.3) is 0 Å². The lowest BCUT2D eigenvalue weighted by Gasteiger charge is -2.34. The van der Waals surface area contributed by atoms with Gasteiger partial charge in [-0.1, -0.05) is 36.4 Å². The Morgan fingerprint density at radius 2 is 1.77 bits per heavy atom. The van der Waals surface area contributed by atoms with Crippen LogP contribution >= 0.6 is 0 Å². The van der Waals surface area contributed by atoms with E-state index in [-0.39, 0.29) is 11.7 Å². The van der Waals surface area contributed by atoms with Gasteiger partial charge in [-0.05, 0) is 54.8 Å². The fourth-order valence-corrected chi connectivity index (χ4v) is 3.74. The zero-order chi connectivity index (χ0) is 15.0. The standard InChI is InChI=1S/C19H21NO2/c1-21-15-8-6-14(7-9-15)18-16-4-2-3-5-17(16)19(22-18)10-12-20-13-11-19/h2-9,18,20H,10-13H2,1H3/t18-/m1/s1. The third-order valence-corrected chi connectivity index (χ3v) is 4.91. The number of ether oxygens (including phenoxy) is 2. The Bertz CT molecular complexity index is 659. The van der Waals surface area contributed by atoms with E-state index in [0.717, 1.165) is 31.7 Å².